The van der Waals surface area contributed by atoms with E-state index in [4.69, 9.17) is 22.6 Å². The van der Waals surface area contributed by atoms with E-state index < -0.39 is 198 Å². The molecule has 4 heterocycles. The number of H-pyrrole nitrogens is 3. The van der Waals surface area contributed by atoms with Crippen LogP contribution in [0.4, 0.5) is 0 Å². The van der Waals surface area contributed by atoms with Crippen LogP contribution in [0.2, 0.25) is 0 Å². The zero-order valence-electron chi connectivity index (χ0n) is 64.0. The third kappa shape index (κ3) is 25.7. The fraction of sp³-hybridized carbons (Fsp3) is 0.436. The summed E-state index contributed by atoms with van der Waals surface area (Å²) in [5.74, 6) is -16.7. The average Bonchev–Trinajstić information content (AvgIpc) is 1.61. The van der Waals surface area contributed by atoms with Crippen molar-refractivity contribution < 1.29 is 72.2 Å². The largest absolute Gasteiger partial charge is 0.394 e. The standard InChI is InChI=1S/C78H102N20O15S/c1-6-7-19-54-63(100)31-51(41(2)3)69(105)93-58(29-47-34-86-53-21-13-11-18-50(47)53)76(112)98-67(42(4)5)77(113)97-62(68(80)104)38-114-39-66(103)90-56(27-43-23-24-44-15-8-9-16-45(44)26-43)72(108)92-55(22-14-25-84-78(81)82)71(107)96-61(37-99)70(106)87-36-65(102)89-59(30-48-35-83-40-88-48)74(110)95-60(32-64(79)101)75(111)94-57(73(109)91-54)28-46-33-85-52-20-12-10-17-49(46)52/h8-13,15-18,20-21,23-24,26,33-35,40-42,51,54-62,67,85-86,99H,6-7,14,19,22,25,27-32,36-39H2,1-5H3,(H2,79,101)(H2,80,104)(H,83,88)(H,87,106)(H,89,102)(H,90,103)(H,91,109)(H,92,108)(H,93,105)(H,94,111)(H,95,110)(H,96,107)(H,97,113)(H,98,112)(H4,81,82,84)/t51-,54-,55-,56-,57-,58-,59-,60-,61-,62-,67-/m0/s1. The number of para-hydroxylation sites is 2. The summed E-state index contributed by atoms with van der Waals surface area (Å²) >= 11 is 0.854. The Kier molecular flexibility index (Phi) is 32.5. The Morgan fingerprint density at radius 1 is 0.553 bits per heavy atom. The minimum Gasteiger partial charge on any atom is -0.394 e. The van der Waals surface area contributed by atoms with E-state index in [1.54, 1.807) is 88.6 Å². The van der Waals surface area contributed by atoms with Crippen LogP contribution in [0.25, 0.3) is 32.6 Å². The molecule has 35 nitrogen and oxygen atoms in total. The van der Waals surface area contributed by atoms with Gasteiger partial charge in [-0.15, -0.1) is 11.8 Å². The Morgan fingerprint density at radius 3 is 1.68 bits per heavy atom. The van der Waals surface area contributed by atoms with E-state index in [0.717, 1.165) is 22.5 Å². The van der Waals surface area contributed by atoms with Crippen molar-refractivity contribution in [1.29, 1.82) is 5.41 Å². The average molecular weight is 1590 g/mol. The highest BCUT2D eigenvalue weighted by atomic mass is 32.2. The van der Waals surface area contributed by atoms with E-state index in [1.165, 1.54) is 12.5 Å². The van der Waals surface area contributed by atoms with Gasteiger partial charge in [0.05, 0.1) is 37.7 Å². The van der Waals surface area contributed by atoms with E-state index in [1.807, 2.05) is 49.4 Å². The summed E-state index contributed by atoms with van der Waals surface area (Å²) in [4.78, 5) is 214. The van der Waals surface area contributed by atoms with Gasteiger partial charge < -0.3 is 101 Å². The summed E-state index contributed by atoms with van der Waals surface area (Å²) in [6.07, 6.45) is 4.51. The van der Waals surface area contributed by atoms with Crippen molar-refractivity contribution in [2.45, 2.75) is 166 Å². The second kappa shape index (κ2) is 42.4. The molecule has 0 aliphatic carbocycles. The molecule has 1 fully saturated rings. The van der Waals surface area contributed by atoms with Crippen molar-refractivity contribution in [3.8, 4) is 0 Å². The first-order valence-corrected chi connectivity index (χ1v) is 38.9. The molecule has 0 radical (unpaired) electrons. The number of Topliss-reactive ketones (excluding diaryl/α,β-unsaturated/α-hetero) is 1. The Labute approximate surface area is 661 Å². The first-order valence-electron chi connectivity index (χ1n) is 37.7. The third-order valence-corrected chi connectivity index (χ3v) is 20.5. The molecule has 1 aliphatic rings. The summed E-state index contributed by atoms with van der Waals surface area (Å²) in [5, 5.41) is 52.6. The molecule has 0 unspecified atom stereocenters. The number of aromatic amines is 3. The zero-order valence-corrected chi connectivity index (χ0v) is 64.9. The normalized spacial score (nSPS) is 22.8. The topological polar surface area (TPSA) is 566 Å². The number of aliphatic hydroxyl groups is 1. The molecular formula is C78H102N20O15S. The molecule has 0 spiro atoms. The monoisotopic (exact) mass is 1590 g/mol. The van der Waals surface area contributed by atoms with Gasteiger partial charge in [0.25, 0.3) is 0 Å². The highest BCUT2D eigenvalue weighted by molar-refractivity contribution is 8.00. The lowest BCUT2D eigenvalue weighted by Gasteiger charge is -2.29. The number of nitrogens with zero attached hydrogens (tertiary/aromatic N) is 1. The lowest BCUT2D eigenvalue weighted by Crippen LogP contribution is -2.60. The molecule has 11 atom stereocenters. The van der Waals surface area contributed by atoms with Crippen LogP contribution >= 0.6 is 11.8 Å². The molecule has 36 heteroatoms. The molecule has 0 saturated carbocycles. The van der Waals surface area contributed by atoms with E-state index in [9.17, 15) is 53.1 Å². The maximum absolute atomic E-state index is 15.1. The van der Waals surface area contributed by atoms with Gasteiger partial charge in [0.2, 0.25) is 76.8 Å². The number of nitrogens with one attached hydrogen (secondary N) is 16. The van der Waals surface area contributed by atoms with Crippen LogP contribution in [0.3, 0.4) is 0 Å². The van der Waals surface area contributed by atoms with Gasteiger partial charge in [0.1, 0.15) is 54.4 Å². The maximum Gasteiger partial charge on any atom is 0.245 e. The summed E-state index contributed by atoms with van der Waals surface area (Å²) in [5.41, 5.74) is 20.5. The van der Waals surface area contributed by atoms with Gasteiger partial charge in [-0.1, -0.05) is 126 Å². The molecule has 1 saturated heterocycles. The minimum atomic E-state index is -1.85. The number of aromatic nitrogens is 4. The number of thioether (sulfide) groups is 1. The molecule has 4 aromatic carbocycles. The minimum absolute atomic E-state index is 0.0151. The number of ketones is 1. The predicted octanol–water partition coefficient (Wildman–Crippen LogP) is -0.799. The van der Waals surface area contributed by atoms with Crippen molar-refractivity contribution in [1.82, 2.24) is 83.7 Å². The second-order valence-corrected chi connectivity index (χ2v) is 29.9. The number of unbranched alkanes of at least 4 members (excludes halogenated alkanes) is 1. The van der Waals surface area contributed by atoms with Gasteiger partial charge in [-0.2, -0.15) is 0 Å². The number of hydrogen-bond donors (Lipinski definition) is 20. The number of primary amides is 2. The van der Waals surface area contributed by atoms with Gasteiger partial charge in [0, 0.05) is 96.4 Å². The lowest BCUT2D eigenvalue weighted by molar-refractivity contribution is -0.137. The number of guanidine groups is 1. The molecule has 3 aromatic heterocycles. The van der Waals surface area contributed by atoms with Gasteiger partial charge in [-0.05, 0) is 70.7 Å². The van der Waals surface area contributed by atoms with Crippen molar-refractivity contribution in [2.75, 3.05) is 31.2 Å². The Morgan fingerprint density at radius 2 is 1.09 bits per heavy atom. The molecule has 1 aliphatic heterocycles. The lowest BCUT2D eigenvalue weighted by atomic mass is 9.86. The van der Waals surface area contributed by atoms with Gasteiger partial charge in [-0.3, -0.25) is 72.5 Å². The summed E-state index contributed by atoms with van der Waals surface area (Å²) in [7, 11) is 0. The maximum atomic E-state index is 15.1. The predicted molar refractivity (Wildman–Crippen MR) is 425 cm³/mol. The molecule has 23 N–H and O–H groups in total. The number of carbonyl (C=O) groups is 14. The van der Waals surface area contributed by atoms with Crippen molar-refractivity contribution in [3.63, 3.8) is 0 Å². The van der Waals surface area contributed by atoms with E-state index >= 15 is 19.2 Å². The number of nitrogens with two attached hydrogens (primary N) is 3. The van der Waals surface area contributed by atoms with E-state index in [-0.39, 0.29) is 62.9 Å². The van der Waals surface area contributed by atoms with E-state index in [2.05, 4.69) is 83.7 Å². The molecule has 7 aromatic rings. The number of hydrogen-bond acceptors (Lipinski definition) is 18. The smallest absolute Gasteiger partial charge is 0.245 e. The number of aliphatic hydroxyl groups excluding tert-OH is 1. The highest BCUT2D eigenvalue weighted by Gasteiger charge is 2.39. The fourth-order valence-electron chi connectivity index (χ4n) is 13.1. The first-order chi connectivity index (χ1) is 54.5. The van der Waals surface area contributed by atoms with Crippen LogP contribution in [0.15, 0.2) is 116 Å². The van der Waals surface area contributed by atoms with Crippen LogP contribution in [-0.2, 0) is 92.8 Å². The summed E-state index contributed by atoms with van der Waals surface area (Å²) < 4.78 is 0. The number of carbonyl (C=O) groups excluding carboxylic acids is 14. The first kappa shape index (κ1) is 87.4. The number of imidazole rings is 1. The second-order valence-electron chi connectivity index (χ2n) is 28.8. The van der Waals surface area contributed by atoms with Crippen molar-refractivity contribution in [3.05, 3.63) is 138 Å². The molecule has 610 valence electrons. The van der Waals surface area contributed by atoms with Gasteiger partial charge in [-0.25, -0.2) is 4.98 Å². The third-order valence-electron chi connectivity index (χ3n) is 19.4. The number of fused-ring (bicyclic) bond motifs is 3. The van der Waals surface area contributed by atoms with Crippen molar-refractivity contribution in [2.24, 2.45) is 35.0 Å². The fourth-order valence-corrected chi connectivity index (χ4v) is 14.0. The molecular weight excluding hydrogens is 1490 g/mol. The van der Waals surface area contributed by atoms with Crippen LogP contribution in [0.1, 0.15) is 102 Å². The Balaban J connectivity index is 1.15. The van der Waals surface area contributed by atoms with Crippen LogP contribution in [-0.4, -0.2) is 205 Å². The summed E-state index contributed by atoms with van der Waals surface area (Å²) in [6, 6.07) is 11.6. The van der Waals surface area contributed by atoms with Crippen LogP contribution < -0.4 is 81.0 Å². The SMILES string of the molecule is CCCC[C@@H]1NC(=O)[C@H](Cc2c[nH]c3ccccc23)NC(=O)[C@H](CC(N)=O)NC(=O)[C@H](Cc2cnc[nH]2)NC(=O)CNC(=O)[C@H](CO)NC(=O)[C@H](CCCNC(=N)N)NC(=O)[C@H](Cc2ccc3ccccc3c2)NC(=O)CSC[C@@H](C(N)=O)NC(=O)[C@H](C(C)C)NC(=O)[C@H](Cc2c[nH]c3ccccc23)NC(=O)[C@H](C(C)C)CC1=O. The summed E-state index contributed by atoms with van der Waals surface area (Å²) in [6.45, 7) is 6.55. The molecule has 13 amide bonds. The Bertz CT molecular complexity index is 4600. The molecule has 0 bridgehead atoms. The number of rotatable bonds is 21. The number of amides is 13. The van der Waals surface area contributed by atoms with Crippen LogP contribution in [0.5, 0.6) is 0 Å². The molecule has 114 heavy (non-hydrogen) atoms. The van der Waals surface area contributed by atoms with Gasteiger partial charge >= 0.3 is 0 Å². The quantitative estimate of drug-likeness (QED) is 0.0238. The van der Waals surface area contributed by atoms with E-state index in [0.29, 0.717) is 51.3 Å². The van der Waals surface area contributed by atoms with Crippen LogP contribution in [0, 0.1) is 23.2 Å². The van der Waals surface area contributed by atoms with Gasteiger partial charge in [0.15, 0.2) is 11.7 Å². The highest BCUT2D eigenvalue weighted by Crippen LogP contribution is 2.25. The number of benzene rings is 4. The Hall–Kier alpha value is -12.2. The zero-order chi connectivity index (χ0) is 82.7. The van der Waals surface area contributed by atoms with Crippen molar-refractivity contribution >= 4 is 133 Å². The molecule has 8 rings (SSSR count).